The van der Waals surface area contributed by atoms with Crippen molar-refractivity contribution in [3.8, 4) is 17.2 Å². The Bertz CT molecular complexity index is 628. The number of nitrogens with zero attached hydrogens (tertiary/aromatic N) is 1. The summed E-state index contributed by atoms with van der Waals surface area (Å²) in [5.41, 5.74) is 5.91. The highest BCUT2D eigenvalue weighted by Gasteiger charge is 2.23. The van der Waals surface area contributed by atoms with Crippen LogP contribution in [-0.4, -0.2) is 0 Å². The predicted octanol–water partition coefficient (Wildman–Crippen LogP) is 4.67. The summed E-state index contributed by atoms with van der Waals surface area (Å²) in [6, 6.07) is 17.1. The molecule has 1 aliphatic carbocycles. The Hall–Kier alpha value is -2.07. The Labute approximate surface area is 114 Å². The van der Waals surface area contributed by atoms with Gasteiger partial charge < -0.3 is 0 Å². The molecule has 0 unspecified atom stereocenters. The van der Waals surface area contributed by atoms with Crippen molar-refractivity contribution in [2.45, 2.75) is 32.1 Å². The highest BCUT2D eigenvalue weighted by atomic mass is 14.3. The van der Waals surface area contributed by atoms with Crippen LogP contribution in [0.2, 0.25) is 0 Å². The van der Waals surface area contributed by atoms with E-state index in [1.165, 1.54) is 35.1 Å². The lowest BCUT2D eigenvalue weighted by Gasteiger charge is -2.09. The van der Waals surface area contributed by atoms with E-state index in [0.717, 1.165) is 17.9 Å². The zero-order valence-electron chi connectivity index (χ0n) is 11.2. The van der Waals surface area contributed by atoms with E-state index in [9.17, 15) is 0 Å². The Morgan fingerprint density at radius 1 is 1.11 bits per heavy atom. The molecular weight excluding hydrogens is 230 g/mol. The second-order valence-electron chi connectivity index (χ2n) is 5.23. The highest BCUT2D eigenvalue weighted by Crippen LogP contribution is 2.40. The molecule has 0 radical (unpaired) electrons. The third-order valence-electron chi connectivity index (χ3n) is 3.89. The van der Waals surface area contributed by atoms with Crippen LogP contribution in [0.1, 0.15) is 42.4 Å². The molecule has 0 atom stereocenters. The predicted molar refractivity (Wildman–Crippen MR) is 77.9 cm³/mol. The minimum absolute atomic E-state index is 0.735. The first-order valence-corrected chi connectivity index (χ1v) is 6.95. The average Bonchev–Trinajstić information content (AvgIpc) is 3.31. The second-order valence-corrected chi connectivity index (χ2v) is 5.23. The van der Waals surface area contributed by atoms with Crippen LogP contribution in [0.4, 0.5) is 0 Å². The first-order chi connectivity index (χ1) is 9.31. The first-order valence-electron chi connectivity index (χ1n) is 6.95. The number of benzene rings is 2. The summed E-state index contributed by atoms with van der Waals surface area (Å²) in [6.07, 6.45) is 3.67. The van der Waals surface area contributed by atoms with Crippen molar-refractivity contribution >= 4 is 0 Å². The Morgan fingerprint density at radius 3 is 2.42 bits per heavy atom. The molecule has 0 aromatic heterocycles. The molecule has 0 amide bonds. The maximum Gasteiger partial charge on any atom is 0.0991 e. The van der Waals surface area contributed by atoms with E-state index >= 15 is 0 Å². The molecule has 1 fully saturated rings. The molecule has 19 heavy (non-hydrogen) atoms. The van der Waals surface area contributed by atoms with Crippen LogP contribution in [0.15, 0.2) is 42.5 Å². The number of nitriles is 1. The molecule has 0 saturated heterocycles. The summed E-state index contributed by atoms with van der Waals surface area (Å²) in [4.78, 5) is 0. The minimum atomic E-state index is 0.735. The molecule has 0 bridgehead atoms. The van der Waals surface area contributed by atoms with Gasteiger partial charge in [0.15, 0.2) is 0 Å². The van der Waals surface area contributed by atoms with Gasteiger partial charge in [-0.2, -0.15) is 5.26 Å². The Morgan fingerprint density at radius 2 is 1.84 bits per heavy atom. The lowest BCUT2D eigenvalue weighted by molar-refractivity contribution is 1.13. The van der Waals surface area contributed by atoms with E-state index in [-0.39, 0.29) is 0 Å². The molecule has 1 aliphatic rings. The third kappa shape index (κ3) is 2.39. The monoisotopic (exact) mass is 247 g/mol. The van der Waals surface area contributed by atoms with Gasteiger partial charge >= 0.3 is 0 Å². The smallest absolute Gasteiger partial charge is 0.0991 e. The number of aryl methyl sites for hydroxylation is 1. The molecule has 94 valence electrons. The van der Waals surface area contributed by atoms with Crippen molar-refractivity contribution in [1.29, 1.82) is 5.26 Å². The normalized spacial score (nSPS) is 14.1. The molecule has 0 spiro atoms. The summed E-state index contributed by atoms with van der Waals surface area (Å²) >= 11 is 0. The fourth-order valence-electron chi connectivity index (χ4n) is 2.57. The maximum absolute atomic E-state index is 9.05. The van der Waals surface area contributed by atoms with E-state index in [4.69, 9.17) is 5.26 Å². The van der Waals surface area contributed by atoms with Crippen molar-refractivity contribution in [2.24, 2.45) is 0 Å². The van der Waals surface area contributed by atoms with Crippen molar-refractivity contribution in [3.63, 3.8) is 0 Å². The number of hydrogen-bond acceptors (Lipinski definition) is 1. The summed E-state index contributed by atoms with van der Waals surface area (Å²) in [7, 11) is 0. The molecule has 1 nitrogen and oxygen atoms in total. The average molecular weight is 247 g/mol. The van der Waals surface area contributed by atoms with Gasteiger partial charge in [-0.25, -0.2) is 0 Å². The fraction of sp³-hybridized carbons (Fsp3) is 0.278. The van der Waals surface area contributed by atoms with E-state index in [2.05, 4.69) is 43.3 Å². The van der Waals surface area contributed by atoms with Crippen molar-refractivity contribution < 1.29 is 0 Å². The van der Waals surface area contributed by atoms with Crippen molar-refractivity contribution in [3.05, 3.63) is 59.2 Å². The summed E-state index contributed by atoms with van der Waals surface area (Å²) in [5.74, 6) is 0.796. The topological polar surface area (TPSA) is 23.8 Å². The highest BCUT2D eigenvalue weighted by molar-refractivity contribution is 5.69. The van der Waals surface area contributed by atoms with Gasteiger partial charge in [0, 0.05) is 0 Å². The van der Waals surface area contributed by atoms with E-state index in [0.29, 0.717) is 0 Å². The SMILES string of the molecule is CCc1ccc(C#N)cc1-c1ccc(C2CC2)cc1. The number of rotatable bonds is 3. The molecule has 1 heteroatoms. The minimum Gasteiger partial charge on any atom is -0.192 e. The third-order valence-corrected chi connectivity index (χ3v) is 3.89. The second kappa shape index (κ2) is 4.90. The van der Waals surface area contributed by atoms with Crippen LogP contribution in [0.25, 0.3) is 11.1 Å². The Kier molecular flexibility index (Phi) is 3.09. The van der Waals surface area contributed by atoms with Gasteiger partial charge in [0.1, 0.15) is 0 Å². The lowest BCUT2D eigenvalue weighted by atomic mass is 9.95. The van der Waals surface area contributed by atoms with E-state index < -0.39 is 0 Å². The van der Waals surface area contributed by atoms with Crippen LogP contribution in [0, 0.1) is 11.3 Å². The maximum atomic E-state index is 9.05. The van der Waals surface area contributed by atoms with E-state index in [1.54, 1.807) is 0 Å². The molecule has 2 aromatic carbocycles. The molecular formula is C18H17N. The zero-order valence-corrected chi connectivity index (χ0v) is 11.2. The van der Waals surface area contributed by atoms with Crippen molar-refractivity contribution in [2.75, 3.05) is 0 Å². The van der Waals surface area contributed by atoms with Crippen LogP contribution in [-0.2, 0) is 6.42 Å². The van der Waals surface area contributed by atoms with Crippen molar-refractivity contribution in [1.82, 2.24) is 0 Å². The molecule has 2 aromatic rings. The van der Waals surface area contributed by atoms with Crippen LogP contribution < -0.4 is 0 Å². The molecule has 0 N–H and O–H groups in total. The van der Waals surface area contributed by atoms with Gasteiger partial charge in [0.2, 0.25) is 0 Å². The van der Waals surface area contributed by atoms with E-state index in [1.807, 2.05) is 12.1 Å². The molecule has 0 heterocycles. The quantitative estimate of drug-likeness (QED) is 0.773. The Balaban J connectivity index is 2.02. The lowest BCUT2D eigenvalue weighted by Crippen LogP contribution is -1.90. The van der Waals surface area contributed by atoms with Gasteiger partial charge in [-0.05, 0) is 59.6 Å². The summed E-state index contributed by atoms with van der Waals surface area (Å²) < 4.78 is 0. The van der Waals surface area contributed by atoms with Gasteiger partial charge in [0.25, 0.3) is 0 Å². The van der Waals surface area contributed by atoms with Crippen LogP contribution >= 0.6 is 0 Å². The fourth-order valence-corrected chi connectivity index (χ4v) is 2.57. The zero-order chi connectivity index (χ0) is 13.2. The first kappa shape index (κ1) is 12.0. The molecule has 0 aliphatic heterocycles. The summed E-state index contributed by atoms with van der Waals surface area (Å²) in [6.45, 7) is 2.16. The van der Waals surface area contributed by atoms with Gasteiger partial charge in [-0.15, -0.1) is 0 Å². The molecule has 3 rings (SSSR count). The van der Waals surface area contributed by atoms with Gasteiger partial charge in [-0.3, -0.25) is 0 Å². The summed E-state index contributed by atoms with van der Waals surface area (Å²) in [5, 5.41) is 9.05. The van der Waals surface area contributed by atoms with Crippen LogP contribution in [0.5, 0.6) is 0 Å². The van der Waals surface area contributed by atoms with Gasteiger partial charge in [-0.1, -0.05) is 37.3 Å². The van der Waals surface area contributed by atoms with Crippen LogP contribution in [0.3, 0.4) is 0 Å². The van der Waals surface area contributed by atoms with Gasteiger partial charge in [0.05, 0.1) is 11.6 Å². The molecule has 1 saturated carbocycles. The standard InChI is InChI=1S/C18H17N/c1-2-14-4-3-13(12-19)11-18(14)17-9-7-16(8-10-17)15-5-6-15/h3-4,7-11,15H,2,5-6H2,1H3. The number of hydrogen-bond donors (Lipinski definition) is 0. The largest absolute Gasteiger partial charge is 0.192 e.